The molecule has 1 aliphatic heterocycles. The number of benzene rings is 1. The number of halogens is 2. The Labute approximate surface area is 98.8 Å². The maximum Gasteiger partial charge on any atom is 0.184 e. The minimum atomic E-state index is -3.77. The van der Waals surface area contributed by atoms with Crippen molar-refractivity contribution in [2.75, 3.05) is 7.05 Å². The molecule has 94 valence electrons. The largest absolute Gasteiger partial charge is 0.313 e. The molecule has 1 aromatic carbocycles. The zero-order valence-electron chi connectivity index (χ0n) is 9.50. The molecule has 0 amide bonds. The molecular weight excluding hydrogens is 248 g/mol. The third-order valence-corrected chi connectivity index (χ3v) is 5.41. The summed E-state index contributed by atoms with van der Waals surface area (Å²) in [6.07, 6.45) is 0.242. The Kier molecular flexibility index (Phi) is 2.95. The van der Waals surface area contributed by atoms with E-state index in [4.69, 9.17) is 0 Å². The van der Waals surface area contributed by atoms with Gasteiger partial charge in [0.1, 0.15) is 16.5 Å². The standard InChI is InChI=1S/C11H13F2NO2S/c1-6-5-9(14-2)10-7(12)3-4-8(13)11(10)17(6,15)16/h3-4,6,9,14H,5H2,1-2H3. The third-order valence-electron chi connectivity index (χ3n) is 3.17. The van der Waals surface area contributed by atoms with Gasteiger partial charge in [0.2, 0.25) is 0 Å². The first-order valence-corrected chi connectivity index (χ1v) is 6.83. The molecule has 2 rings (SSSR count). The van der Waals surface area contributed by atoms with Crippen LogP contribution in [0, 0.1) is 11.6 Å². The van der Waals surface area contributed by atoms with Crippen LogP contribution in [0.2, 0.25) is 0 Å². The summed E-state index contributed by atoms with van der Waals surface area (Å²) in [5.41, 5.74) is -0.0781. The van der Waals surface area contributed by atoms with E-state index in [2.05, 4.69) is 5.32 Å². The fourth-order valence-corrected chi connectivity index (χ4v) is 3.94. The Hall–Kier alpha value is -1.01. The Morgan fingerprint density at radius 2 is 1.88 bits per heavy atom. The molecule has 1 N–H and O–H groups in total. The number of sulfone groups is 1. The van der Waals surface area contributed by atoms with Gasteiger partial charge in [0, 0.05) is 11.6 Å². The minimum absolute atomic E-state index is 0.0781. The van der Waals surface area contributed by atoms with Crippen LogP contribution in [0.3, 0.4) is 0 Å². The van der Waals surface area contributed by atoms with E-state index in [-0.39, 0.29) is 12.0 Å². The van der Waals surface area contributed by atoms with E-state index in [0.29, 0.717) is 0 Å². The molecular formula is C11H13F2NO2S. The van der Waals surface area contributed by atoms with Crippen molar-refractivity contribution in [3.8, 4) is 0 Å². The van der Waals surface area contributed by atoms with Gasteiger partial charge in [-0.05, 0) is 32.5 Å². The van der Waals surface area contributed by atoms with E-state index >= 15 is 0 Å². The van der Waals surface area contributed by atoms with Gasteiger partial charge >= 0.3 is 0 Å². The molecule has 2 unspecified atom stereocenters. The lowest BCUT2D eigenvalue weighted by atomic mass is 10.0. The zero-order chi connectivity index (χ0) is 12.8. The lowest BCUT2D eigenvalue weighted by Crippen LogP contribution is -2.34. The van der Waals surface area contributed by atoms with E-state index in [1.165, 1.54) is 6.92 Å². The molecule has 1 heterocycles. The number of rotatable bonds is 1. The van der Waals surface area contributed by atoms with Crippen LogP contribution < -0.4 is 5.32 Å². The van der Waals surface area contributed by atoms with Crippen LogP contribution in [-0.2, 0) is 9.84 Å². The van der Waals surface area contributed by atoms with Crippen molar-refractivity contribution < 1.29 is 17.2 Å². The first-order valence-electron chi connectivity index (χ1n) is 5.28. The second-order valence-corrected chi connectivity index (χ2v) is 6.51. The van der Waals surface area contributed by atoms with Crippen LogP contribution in [-0.4, -0.2) is 20.7 Å². The van der Waals surface area contributed by atoms with Gasteiger partial charge in [-0.1, -0.05) is 0 Å². The van der Waals surface area contributed by atoms with Crippen molar-refractivity contribution in [1.29, 1.82) is 0 Å². The van der Waals surface area contributed by atoms with Crippen LogP contribution in [0.25, 0.3) is 0 Å². The number of hydrogen-bond donors (Lipinski definition) is 1. The Balaban J connectivity index is 2.81. The van der Waals surface area contributed by atoms with E-state index in [0.717, 1.165) is 12.1 Å². The molecule has 0 fully saturated rings. The molecule has 0 spiro atoms. The molecule has 6 heteroatoms. The van der Waals surface area contributed by atoms with Gasteiger partial charge in [0.05, 0.1) is 5.25 Å². The molecule has 0 bridgehead atoms. The molecule has 1 aromatic rings. The van der Waals surface area contributed by atoms with Gasteiger partial charge in [-0.15, -0.1) is 0 Å². The fourth-order valence-electron chi connectivity index (χ4n) is 2.20. The second kappa shape index (κ2) is 4.03. The average molecular weight is 261 g/mol. The molecule has 17 heavy (non-hydrogen) atoms. The number of nitrogens with one attached hydrogen (secondary N) is 1. The molecule has 0 saturated carbocycles. The summed E-state index contributed by atoms with van der Waals surface area (Å²) in [7, 11) is -2.17. The third kappa shape index (κ3) is 1.75. The molecule has 0 aliphatic carbocycles. The topological polar surface area (TPSA) is 46.2 Å². The summed E-state index contributed by atoms with van der Waals surface area (Å²) in [5, 5.41) is 2.11. The molecule has 0 saturated heterocycles. The summed E-state index contributed by atoms with van der Waals surface area (Å²) in [6, 6.07) is 1.35. The van der Waals surface area contributed by atoms with Crippen molar-refractivity contribution in [2.45, 2.75) is 29.5 Å². The van der Waals surface area contributed by atoms with E-state index in [1.54, 1.807) is 7.05 Å². The lowest BCUT2D eigenvalue weighted by Gasteiger charge is -2.29. The normalized spacial score (nSPS) is 26.6. The van der Waals surface area contributed by atoms with Crippen molar-refractivity contribution in [2.24, 2.45) is 0 Å². The highest BCUT2D eigenvalue weighted by molar-refractivity contribution is 7.92. The summed E-state index contributed by atoms with van der Waals surface area (Å²) in [4.78, 5) is -0.490. The van der Waals surface area contributed by atoms with Crippen LogP contribution in [0.4, 0.5) is 8.78 Å². The van der Waals surface area contributed by atoms with Crippen molar-refractivity contribution in [1.82, 2.24) is 5.32 Å². The van der Waals surface area contributed by atoms with E-state index in [9.17, 15) is 17.2 Å². The molecule has 0 aromatic heterocycles. The predicted molar refractivity (Wildman–Crippen MR) is 59.4 cm³/mol. The van der Waals surface area contributed by atoms with E-state index in [1.807, 2.05) is 0 Å². The fraction of sp³-hybridized carbons (Fsp3) is 0.455. The van der Waals surface area contributed by atoms with Gasteiger partial charge in [0.25, 0.3) is 0 Å². The summed E-state index contributed by atoms with van der Waals surface area (Å²) >= 11 is 0. The maximum atomic E-state index is 13.7. The first-order chi connectivity index (χ1) is 7.89. The van der Waals surface area contributed by atoms with Crippen molar-refractivity contribution in [3.63, 3.8) is 0 Å². The lowest BCUT2D eigenvalue weighted by molar-refractivity contribution is 0.449. The van der Waals surface area contributed by atoms with E-state index < -0.39 is 37.7 Å². The molecule has 1 aliphatic rings. The summed E-state index contributed by atoms with van der Waals surface area (Å²) in [6.45, 7) is 1.51. The quantitative estimate of drug-likeness (QED) is 0.838. The average Bonchev–Trinajstić information content (AvgIpc) is 2.27. The highest BCUT2D eigenvalue weighted by Gasteiger charge is 2.39. The van der Waals surface area contributed by atoms with Gasteiger partial charge in [-0.25, -0.2) is 17.2 Å². The predicted octanol–water partition coefficient (Wildman–Crippen LogP) is 1.79. The molecule has 3 nitrogen and oxygen atoms in total. The van der Waals surface area contributed by atoms with Gasteiger partial charge in [0.15, 0.2) is 9.84 Å². The minimum Gasteiger partial charge on any atom is -0.313 e. The van der Waals surface area contributed by atoms with Crippen LogP contribution >= 0.6 is 0 Å². The van der Waals surface area contributed by atoms with Crippen LogP contribution in [0.15, 0.2) is 17.0 Å². The SMILES string of the molecule is CNC1CC(C)S(=O)(=O)c2c(F)ccc(F)c21. The number of fused-ring (bicyclic) bond motifs is 1. The maximum absolute atomic E-state index is 13.7. The van der Waals surface area contributed by atoms with Crippen LogP contribution in [0.1, 0.15) is 24.9 Å². The van der Waals surface area contributed by atoms with Crippen LogP contribution in [0.5, 0.6) is 0 Å². The summed E-state index contributed by atoms with van der Waals surface area (Å²) in [5.74, 6) is -1.57. The smallest absolute Gasteiger partial charge is 0.184 e. The first kappa shape index (κ1) is 12.4. The highest BCUT2D eigenvalue weighted by Crippen LogP contribution is 2.38. The van der Waals surface area contributed by atoms with Gasteiger partial charge in [-0.3, -0.25) is 0 Å². The second-order valence-electron chi connectivity index (χ2n) is 4.20. The Morgan fingerprint density at radius 1 is 1.29 bits per heavy atom. The monoisotopic (exact) mass is 261 g/mol. The van der Waals surface area contributed by atoms with Crippen molar-refractivity contribution >= 4 is 9.84 Å². The number of hydrogen-bond acceptors (Lipinski definition) is 3. The molecule has 2 atom stereocenters. The molecule has 0 radical (unpaired) electrons. The highest BCUT2D eigenvalue weighted by atomic mass is 32.2. The Morgan fingerprint density at radius 3 is 2.47 bits per heavy atom. The zero-order valence-corrected chi connectivity index (χ0v) is 10.3. The summed E-state index contributed by atoms with van der Waals surface area (Å²) < 4.78 is 51.4. The van der Waals surface area contributed by atoms with Gasteiger partial charge in [-0.2, -0.15) is 0 Å². The Bertz CT molecular complexity index is 557. The van der Waals surface area contributed by atoms with Crippen molar-refractivity contribution in [3.05, 3.63) is 29.3 Å². The van der Waals surface area contributed by atoms with Gasteiger partial charge < -0.3 is 5.32 Å².